The first-order valence-corrected chi connectivity index (χ1v) is 13.7. The molecule has 156 valence electrons. The molecule has 0 amide bonds. The highest BCUT2D eigenvalue weighted by atomic mass is 31.1. The maximum absolute atomic E-state index is 2.52. The van der Waals surface area contributed by atoms with Crippen molar-refractivity contribution in [3.05, 3.63) is 30.3 Å². The third-order valence-electron chi connectivity index (χ3n) is 6.03. The molecular formula is C26H47P. The van der Waals surface area contributed by atoms with E-state index in [0.717, 1.165) is 11.8 Å². The molecule has 0 aliphatic heterocycles. The van der Waals surface area contributed by atoms with Gasteiger partial charge in [-0.25, -0.2) is 0 Å². The van der Waals surface area contributed by atoms with Crippen molar-refractivity contribution in [1.82, 2.24) is 0 Å². The summed E-state index contributed by atoms with van der Waals surface area (Å²) in [5.74, 6) is 1.84. The molecule has 0 saturated heterocycles. The van der Waals surface area contributed by atoms with Crippen LogP contribution in [0.5, 0.6) is 0 Å². The van der Waals surface area contributed by atoms with Gasteiger partial charge in [0.2, 0.25) is 0 Å². The Morgan fingerprint density at radius 3 is 2.04 bits per heavy atom. The first kappa shape index (κ1) is 24.7. The molecule has 0 aromatic heterocycles. The Morgan fingerprint density at radius 2 is 1.41 bits per heavy atom. The second-order valence-electron chi connectivity index (χ2n) is 8.65. The highest BCUT2D eigenvalue weighted by Crippen LogP contribution is 2.39. The van der Waals surface area contributed by atoms with E-state index in [1.807, 2.05) is 0 Å². The van der Waals surface area contributed by atoms with Gasteiger partial charge in [0, 0.05) is 0 Å². The Bertz CT molecular complexity index is 427. The van der Waals surface area contributed by atoms with Crippen molar-refractivity contribution in [1.29, 1.82) is 0 Å². The van der Waals surface area contributed by atoms with Crippen LogP contribution in [0.15, 0.2) is 30.3 Å². The predicted molar refractivity (Wildman–Crippen MR) is 128 cm³/mol. The Morgan fingerprint density at radius 1 is 0.741 bits per heavy atom. The summed E-state index contributed by atoms with van der Waals surface area (Å²) in [6.45, 7) is 9.53. The van der Waals surface area contributed by atoms with Gasteiger partial charge in [-0.3, -0.25) is 0 Å². The largest absolute Gasteiger partial charge is 0.0751 e. The van der Waals surface area contributed by atoms with E-state index in [1.165, 1.54) is 89.4 Å². The zero-order valence-corrected chi connectivity index (χ0v) is 19.8. The van der Waals surface area contributed by atoms with Crippen LogP contribution in [-0.4, -0.2) is 12.3 Å². The van der Waals surface area contributed by atoms with Gasteiger partial charge in [0.25, 0.3) is 0 Å². The fourth-order valence-corrected chi connectivity index (χ4v) is 6.96. The molecule has 27 heavy (non-hydrogen) atoms. The van der Waals surface area contributed by atoms with Gasteiger partial charge >= 0.3 is 0 Å². The van der Waals surface area contributed by atoms with Crippen LogP contribution in [0.25, 0.3) is 0 Å². The fourth-order valence-electron chi connectivity index (χ4n) is 4.17. The van der Waals surface area contributed by atoms with E-state index in [4.69, 9.17) is 0 Å². The predicted octanol–water partition coefficient (Wildman–Crippen LogP) is 8.79. The van der Waals surface area contributed by atoms with E-state index in [-0.39, 0.29) is 7.92 Å². The van der Waals surface area contributed by atoms with Crippen LogP contribution in [0.2, 0.25) is 0 Å². The van der Waals surface area contributed by atoms with Crippen molar-refractivity contribution in [3.63, 3.8) is 0 Å². The van der Waals surface area contributed by atoms with Gasteiger partial charge in [0.05, 0.1) is 0 Å². The van der Waals surface area contributed by atoms with Crippen LogP contribution in [-0.2, 0) is 0 Å². The standard InChI is InChI=1S/C26H47P/c1-5-8-9-10-11-12-16-22-27(26-18-14-13-15-19-26)23-24(4)20-21-25(7-3)17-6-2/h13-15,18-19,24-25H,5-12,16-17,20-23H2,1-4H3. The maximum atomic E-state index is 2.52. The Hall–Kier alpha value is -0.350. The van der Waals surface area contributed by atoms with Gasteiger partial charge in [0.15, 0.2) is 0 Å². The van der Waals surface area contributed by atoms with Gasteiger partial charge < -0.3 is 0 Å². The molecule has 0 aliphatic carbocycles. The van der Waals surface area contributed by atoms with E-state index in [0.29, 0.717) is 0 Å². The smallest absolute Gasteiger partial charge is 0.0240 e. The summed E-state index contributed by atoms with van der Waals surface area (Å²) in [6.07, 6.45) is 19.9. The lowest BCUT2D eigenvalue weighted by molar-refractivity contribution is 0.389. The molecular weight excluding hydrogens is 343 g/mol. The van der Waals surface area contributed by atoms with Crippen molar-refractivity contribution in [2.24, 2.45) is 11.8 Å². The van der Waals surface area contributed by atoms with Crippen LogP contribution >= 0.6 is 7.92 Å². The average Bonchev–Trinajstić information content (AvgIpc) is 2.70. The van der Waals surface area contributed by atoms with Crippen molar-refractivity contribution < 1.29 is 0 Å². The first-order chi connectivity index (χ1) is 13.2. The van der Waals surface area contributed by atoms with E-state index in [1.54, 1.807) is 5.30 Å². The number of rotatable bonds is 17. The first-order valence-electron chi connectivity index (χ1n) is 12.0. The van der Waals surface area contributed by atoms with Crippen molar-refractivity contribution in [3.8, 4) is 0 Å². The lowest BCUT2D eigenvalue weighted by Crippen LogP contribution is -2.12. The molecule has 0 aliphatic rings. The van der Waals surface area contributed by atoms with Gasteiger partial charge in [-0.2, -0.15) is 0 Å². The Labute approximate surface area is 172 Å². The van der Waals surface area contributed by atoms with Gasteiger partial charge in [-0.05, 0) is 35.9 Å². The second-order valence-corrected chi connectivity index (χ2v) is 11.1. The molecule has 0 saturated carbocycles. The zero-order valence-electron chi connectivity index (χ0n) is 18.9. The summed E-state index contributed by atoms with van der Waals surface area (Å²) in [4.78, 5) is 0. The van der Waals surface area contributed by atoms with Crippen LogP contribution in [0.4, 0.5) is 0 Å². The summed E-state index contributed by atoms with van der Waals surface area (Å²) < 4.78 is 0. The van der Waals surface area contributed by atoms with Gasteiger partial charge in [-0.15, -0.1) is 0 Å². The van der Waals surface area contributed by atoms with E-state index in [2.05, 4.69) is 58.0 Å². The minimum absolute atomic E-state index is 0.0343. The minimum Gasteiger partial charge on any atom is -0.0751 e. The number of benzene rings is 1. The van der Waals surface area contributed by atoms with Crippen LogP contribution in [0, 0.1) is 11.8 Å². The Kier molecular flexibility index (Phi) is 15.2. The molecule has 0 radical (unpaired) electrons. The monoisotopic (exact) mass is 390 g/mol. The average molecular weight is 391 g/mol. The molecule has 1 heteroatoms. The van der Waals surface area contributed by atoms with Crippen LogP contribution < -0.4 is 5.30 Å². The van der Waals surface area contributed by atoms with E-state index < -0.39 is 0 Å². The highest BCUT2D eigenvalue weighted by molar-refractivity contribution is 7.65. The highest BCUT2D eigenvalue weighted by Gasteiger charge is 2.16. The molecule has 0 spiro atoms. The number of hydrogen-bond donors (Lipinski definition) is 0. The van der Waals surface area contributed by atoms with Crippen molar-refractivity contribution >= 4 is 13.2 Å². The topological polar surface area (TPSA) is 0 Å². The number of unbranched alkanes of at least 4 members (excludes halogenated alkanes) is 6. The fraction of sp³-hybridized carbons (Fsp3) is 0.769. The molecule has 0 fully saturated rings. The lowest BCUT2D eigenvalue weighted by Gasteiger charge is -2.24. The summed E-state index contributed by atoms with van der Waals surface area (Å²) in [6, 6.07) is 11.4. The molecule has 3 atom stereocenters. The van der Waals surface area contributed by atoms with Crippen LogP contribution in [0.3, 0.4) is 0 Å². The third kappa shape index (κ3) is 11.9. The summed E-state index contributed by atoms with van der Waals surface area (Å²) >= 11 is 0. The SMILES string of the molecule is CCCCCCCCCP(CC(C)CCC(CC)CCC)c1ccccc1. The maximum Gasteiger partial charge on any atom is -0.0240 e. The molecule has 3 unspecified atom stereocenters. The molecule has 1 aromatic carbocycles. The summed E-state index contributed by atoms with van der Waals surface area (Å²) in [5.41, 5.74) is 0. The lowest BCUT2D eigenvalue weighted by atomic mass is 9.92. The second kappa shape index (κ2) is 16.6. The van der Waals surface area contributed by atoms with Crippen LogP contribution in [0.1, 0.15) is 105 Å². The quantitative estimate of drug-likeness (QED) is 0.184. The molecule has 0 bridgehead atoms. The van der Waals surface area contributed by atoms with Gasteiger partial charge in [-0.1, -0.05) is 137 Å². The van der Waals surface area contributed by atoms with Crippen molar-refractivity contribution in [2.75, 3.05) is 12.3 Å². The third-order valence-corrected chi connectivity index (χ3v) is 8.98. The minimum atomic E-state index is 0.0343. The van der Waals surface area contributed by atoms with Crippen molar-refractivity contribution in [2.45, 2.75) is 105 Å². The van der Waals surface area contributed by atoms with E-state index >= 15 is 0 Å². The number of hydrogen-bond acceptors (Lipinski definition) is 0. The molecule has 0 N–H and O–H groups in total. The molecule has 0 heterocycles. The summed E-state index contributed by atoms with van der Waals surface area (Å²) in [5, 5.41) is 1.64. The zero-order chi connectivity index (χ0) is 19.7. The van der Waals surface area contributed by atoms with Gasteiger partial charge in [0.1, 0.15) is 0 Å². The Balaban J connectivity index is 2.42. The molecule has 1 rings (SSSR count). The molecule has 1 aromatic rings. The molecule has 0 nitrogen and oxygen atoms in total. The normalized spacial score (nSPS) is 14.8. The van der Waals surface area contributed by atoms with E-state index in [9.17, 15) is 0 Å². The summed E-state index contributed by atoms with van der Waals surface area (Å²) in [7, 11) is 0.0343.